The summed E-state index contributed by atoms with van der Waals surface area (Å²) in [4.78, 5) is 9.47. The largest absolute Gasteiger partial charge is 0.369 e. The van der Waals surface area contributed by atoms with Crippen LogP contribution < -0.4 is 5.32 Å². The molecule has 0 bridgehead atoms. The Hall–Kier alpha value is -0.870. The summed E-state index contributed by atoms with van der Waals surface area (Å²) in [5, 5.41) is 6.84. The molecule has 1 N–H and O–H groups in total. The summed E-state index contributed by atoms with van der Waals surface area (Å²) in [5.41, 5.74) is 0. The van der Waals surface area contributed by atoms with Crippen molar-refractivity contribution in [2.75, 3.05) is 11.9 Å². The van der Waals surface area contributed by atoms with E-state index in [1.165, 1.54) is 38.5 Å². The Bertz CT molecular complexity index is 549. The average Bonchev–Trinajstić information content (AvgIpc) is 3.04. The molecule has 102 valence electrons. The molecule has 1 fully saturated rings. The maximum absolute atomic E-state index is 5.94. The summed E-state index contributed by atoms with van der Waals surface area (Å²) in [6.07, 6.45) is 8.24. The van der Waals surface area contributed by atoms with Gasteiger partial charge in [0.15, 0.2) is 0 Å². The highest BCUT2D eigenvalue weighted by Crippen LogP contribution is 2.29. The number of hydrogen-bond acceptors (Lipinski definition) is 4. The molecule has 2 aromatic heterocycles. The van der Waals surface area contributed by atoms with E-state index in [-0.39, 0.29) is 0 Å². The van der Waals surface area contributed by atoms with Gasteiger partial charge >= 0.3 is 0 Å². The molecule has 0 unspecified atom stereocenters. The fraction of sp³-hybridized carbons (Fsp3) is 0.571. The van der Waals surface area contributed by atoms with Crippen LogP contribution in [0.3, 0.4) is 0 Å². The van der Waals surface area contributed by atoms with Gasteiger partial charge in [-0.25, -0.2) is 9.97 Å². The molecule has 5 heteroatoms. The first-order valence-electron chi connectivity index (χ1n) is 6.97. The van der Waals surface area contributed by atoms with E-state index < -0.39 is 0 Å². The fourth-order valence-corrected chi connectivity index (χ4v) is 3.84. The van der Waals surface area contributed by atoms with E-state index in [9.17, 15) is 0 Å². The van der Waals surface area contributed by atoms with E-state index in [0.29, 0.717) is 5.28 Å². The van der Waals surface area contributed by atoms with Gasteiger partial charge in [0.1, 0.15) is 10.6 Å². The maximum atomic E-state index is 5.94. The molecule has 1 aliphatic rings. The number of halogens is 1. The van der Waals surface area contributed by atoms with Crippen LogP contribution in [0.5, 0.6) is 0 Å². The zero-order chi connectivity index (χ0) is 13.1. The molecule has 3 nitrogen and oxygen atoms in total. The van der Waals surface area contributed by atoms with Crippen LogP contribution in [-0.2, 0) is 0 Å². The van der Waals surface area contributed by atoms with Crippen LogP contribution >= 0.6 is 22.9 Å². The topological polar surface area (TPSA) is 37.8 Å². The molecule has 2 heterocycles. The predicted molar refractivity (Wildman–Crippen MR) is 82.1 cm³/mol. The van der Waals surface area contributed by atoms with Crippen molar-refractivity contribution in [3.63, 3.8) is 0 Å². The first kappa shape index (κ1) is 13.1. The Morgan fingerprint density at radius 2 is 2.16 bits per heavy atom. The van der Waals surface area contributed by atoms with Gasteiger partial charge in [-0.15, -0.1) is 11.3 Å². The van der Waals surface area contributed by atoms with Gasteiger partial charge in [-0.1, -0.05) is 25.7 Å². The first-order valence-corrected chi connectivity index (χ1v) is 8.23. The normalized spacial score (nSPS) is 16.3. The number of aromatic nitrogens is 2. The van der Waals surface area contributed by atoms with E-state index in [1.807, 2.05) is 5.38 Å². The number of anilines is 1. The minimum atomic E-state index is 0.327. The second-order valence-corrected chi connectivity index (χ2v) is 6.43. The third-order valence-corrected chi connectivity index (χ3v) is 4.83. The van der Waals surface area contributed by atoms with Gasteiger partial charge < -0.3 is 5.32 Å². The van der Waals surface area contributed by atoms with E-state index >= 15 is 0 Å². The molecule has 19 heavy (non-hydrogen) atoms. The first-order chi connectivity index (χ1) is 9.33. The van der Waals surface area contributed by atoms with Crippen molar-refractivity contribution in [2.24, 2.45) is 5.92 Å². The van der Waals surface area contributed by atoms with Crippen LogP contribution in [0, 0.1) is 5.92 Å². The lowest BCUT2D eigenvalue weighted by atomic mass is 10.0. The summed E-state index contributed by atoms with van der Waals surface area (Å²) >= 11 is 7.54. The van der Waals surface area contributed by atoms with Crippen molar-refractivity contribution in [1.29, 1.82) is 0 Å². The third kappa shape index (κ3) is 3.18. The maximum Gasteiger partial charge on any atom is 0.225 e. The molecule has 0 spiro atoms. The van der Waals surface area contributed by atoms with E-state index in [4.69, 9.17) is 11.6 Å². The van der Waals surface area contributed by atoms with Crippen molar-refractivity contribution in [3.8, 4) is 0 Å². The highest BCUT2D eigenvalue weighted by Gasteiger charge is 2.14. The highest BCUT2D eigenvalue weighted by atomic mass is 35.5. The predicted octanol–water partition coefficient (Wildman–Crippen LogP) is 4.73. The smallest absolute Gasteiger partial charge is 0.225 e. The zero-order valence-corrected chi connectivity index (χ0v) is 12.4. The molecule has 2 aromatic rings. The van der Waals surface area contributed by atoms with Gasteiger partial charge in [-0.05, 0) is 41.8 Å². The summed E-state index contributed by atoms with van der Waals surface area (Å²) in [7, 11) is 0. The number of fused-ring (bicyclic) bond motifs is 1. The Labute approximate surface area is 122 Å². The number of thiophene rings is 1. The molecule has 0 saturated heterocycles. The molecule has 1 aliphatic carbocycles. The van der Waals surface area contributed by atoms with Crippen LogP contribution in [0.2, 0.25) is 5.28 Å². The van der Waals surface area contributed by atoms with E-state index in [2.05, 4.69) is 21.4 Å². The van der Waals surface area contributed by atoms with Crippen LogP contribution in [0.25, 0.3) is 10.2 Å². The Kier molecular flexibility index (Phi) is 4.18. The van der Waals surface area contributed by atoms with Gasteiger partial charge in [-0.3, -0.25) is 0 Å². The number of nitrogens with one attached hydrogen (secondary N) is 1. The minimum absolute atomic E-state index is 0.327. The Morgan fingerprint density at radius 1 is 1.32 bits per heavy atom. The lowest BCUT2D eigenvalue weighted by molar-refractivity contribution is 0.491. The lowest BCUT2D eigenvalue weighted by Gasteiger charge is -2.10. The quantitative estimate of drug-likeness (QED) is 0.640. The summed E-state index contributed by atoms with van der Waals surface area (Å²) in [5.74, 6) is 1.83. The molecule has 0 radical (unpaired) electrons. The number of nitrogens with zero attached hydrogens (tertiary/aromatic N) is 2. The molecule has 0 atom stereocenters. The molecular weight excluding hydrogens is 278 g/mol. The SMILES string of the molecule is Clc1nc(NCCCC2CCCC2)c2ccsc2n1. The summed E-state index contributed by atoms with van der Waals surface area (Å²) < 4.78 is 0. The van der Waals surface area contributed by atoms with Gasteiger partial charge in [0.05, 0.1) is 5.39 Å². The van der Waals surface area contributed by atoms with Crippen molar-refractivity contribution in [3.05, 3.63) is 16.7 Å². The van der Waals surface area contributed by atoms with Gasteiger partial charge in [0.25, 0.3) is 0 Å². The second kappa shape index (κ2) is 6.06. The molecule has 0 aromatic carbocycles. The highest BCUT2D eigenvalue weighted by molar-refractivity contribution is 7.16. The average molecular weight is 296 g/mol. The molecule has 1 saturated carbocycles. The number of hydrogen-bond donors (Lipinski definition) is 1. The van der Waals surface area contributed by atoms with Gasteiger partial charge in [0, 0.05) is 6.54 Å². The van der Waals surface area contributed by atoms with Gasteiger partial charge in [0.2, 0.25) is 5.28 Å². The van der Waals surface area contributed by atoms with Crippen LogP contribution in [0.1, 0.15) is 38.5 Å². The van der Waals surface area contributed by atoms with E-state index in [0.717, 1.165) is 28.5 Å². The second-order valence-electron chi connectivity index (χ2n) is 5.20. The van der Waals surface area contributed by atoms with Crippen molar-refractivity contribution in [1.82, 2.24) is 9.97 Å². The number of rotatable bonds is 5. The van der Waals surface area contributed by atoms with E-state index in [1.54, 1.807) is 11.3 Å². The van der Waals surface area contributed by atoms with Gasteiger partial charge in [-0.2, -0.15) is 0 Å². The Morgan fingerprint density at radius 3 is 3.00 bits per heavy atom. The standard InChI is InChI=1S/C14H18ClN3S/c15-14-17-12(11-7-9-19-13(11)18-14)16-8-3-6-10-4-1-2-5-10/h7,9-10H,1-6,8H2,(H,16,17,18). The van der Waals surface area contributed by atoms with Crippen LogP contribution in [-0.4, -0.2) is 16.5 Å². The van der Waals surface area contributed by atoms with Crippen molar-refractivity contribution in [2.45, 2.75) is 38.5 Å². The Balaban J connectivity index is 1.57. The summed E-state index contributed by atoms with van der Waals surface area (Å²) in [6, 6.07) is 2.05. The minimum Gasteiger partial charge on any atom is -0.369 e. The van der Waals surface area contributed by atoms with Crippen molar-refractivity contribution >= 4 is 39.0 Å². The molecule has 0 aliphatic heterocycles. The lowest BCUT2D eigenvalue weighted by Crippen LogP contribution is -2.06. The molecule has 3 rings (SSSR count). The summed E-state index contributed by atoms with van der Waals surface area (Å²) in [6.45, 7) is 0.967. The van der Waals surface area contributed by atoms with Crippen molar-refractivity contribution < 1.29 is 0 Å². The third-order valence-electron chi connectivity index (χ3n) is 3.85. The zero-order valence-electron chi connectivity index (χ0n) is 10.9. The molecule has 0 amide bonds. The monoisotopic (exact) mass is 295 g/mol. The van der Waals surface area contributed by atoms with Crippen LogP contribution in [0.15, 0.2) is 11.4 Å². The molecular formula is C14H18ClN3S. The van der Waals surface area contributed by atoms with Crippen LogP contribution in [0.4, 0.5) is 5.82 Å². The fourth-order valence-electron chi connectivity index (χ4n) is 2.86.